The predicted octanol–water partition coefficient (Wildman–Crippen LogP) is 2.62. The van der Waals surface area contributed by atoms with Crippen molar-refractivity contribution in [2.24, 2.45) is 0 Å². The molecule has 94 valence electrons. The minimum absolute atomic E-state index is 0.195. The Kier molecular flexibility index (Phi) is 4.71. The number of carbonyl (C=O) groups is 1. The van der Waals surface area contributed by atoms with Crippen molar-refractivity contribution in [3.8, 4) is 0 Å². The molecule has 0 amide bonds. The van der Waals surface area contributed by atoms with Crippen LogP contribution in [0.3, 0.4) is 0 Å². The van der Waals surface area contributed by atoms with Gasteiger partial charge in [0.05, 0.1) is 5.75 Å². The zero-order valence-corrected chi connectivity index (χ0v) is 11.4. The van der Waals surface area contributed by atoms with Crippen molar-refractivity contribution in [1.29, 1.82) is 0 Å². The number of carbonyl (C=O) groups excluding carboxylic acids is 1. The van der Waals surface area contributed by atoms with Crippen molar-refractivity contribution >= 4 is 27.2 Å². The lowest BCUT2D eigenvalue weighted by molar-refractivity contribution is -0.118. The van der Waals surface area contributed by atoms with E-state index < -0.39 is 15.1 Å². The fourth-order valence-electron chi connectivity index (χ4n) is 1.44. The number of Topliss-reactive ketones (excluding diaryl/α,β-unsaturated/α-hetero) is 1. The second-order valence-corrected chi connectivity index (χ2v) is 6.59. The fraction of sp³-hybridized carbons (Fsp3) is 0.417. The highest BCUT2D eigenvalue weighted by Crippen LogP contribution is 2.20. The van der Waals surface area contributed by atoms with Crippen molar-refractivity contribution in [2.75, 3.05) is 0 Å². The third kappa shape index (κ3) is 3.54. The second kappa shape index (κ2) is 5.65. The van der Waals surface area contributed by atoms with Crippen LogP contribution in [0.1, 0.15) is 25.8 Å². The number of rotatable bonds is 5. The summed E-state index contributed by atoms with van der Waals surface area (Å²) in [6, 6.07) is 6.75. The van der Waals surface area contributed by atoms with E-state index in [1.807, 2.05) is 0 Å². The Morgan fingerprint density at radius 1 is 1.35 bits per heavy atom. The third-order valence-corrected chi connectivity index (χ3v) is 5.08. The van der Waals surface area contributed by atoms with Crippen LogP contribution in [-0.2, 0) is 20.4 Å². The van der Waals surface area contributed by atoms with E-state index in [0.29, 0.717) is 10.6 Å². The zero-order chi connectivity index (χ0) is 13.1. The highest BCUT2D eigenvalue weighted by Gasteiger charge is 2.27. The van der Waals surface area contributed by atoms with E-state index in [4.69, 9.17) is 11.6 Å². The Morgan fingerprint density at radius 3 is 2.47 bits per heavy atom. The highest BCUT2D eigenvalue weighted by atomic mass is 35.5. The van der Waals surface area contributed by atoms with Gasteiger partial charge in [-0.15, -0.1) is 0 Å². The Morgan fingerprint density at radius 2 is 1.94 bits per heavy atom. The van der Waals surface area contributed by atoms with Gasteiger partial charge in [-0.1, -0.05) is 36.7 Å². The Balaban J connectivity index is 2.95. The first-order valence-electron chi connectivity index (χ1n) is 5.36. The normalized spacial score (nSPS) is 13.4. The summed E-state index contributed by atoms with van der Waals surface area (Å²) in [6.07, 6.45) is 0.225. The van der Waals surface area contributed by atoms with Crippen LogP contribution in [0, 0.1) is 0 Å². The average molecular weight is 275 g/mol. The standard InChI is InChI=1S/C12H15ClO3S/c1-3-12(14)9(2)17(15,16)8-10-6-4-5-7-11(10)13/h4-7,9H,3,8H2,1-2H3. The minimum Gasteiger partial charge on any atom is -0.298 e. The molecule has 3 nitrogen and oxygen atoms in total. The lowest BCUT2D eigenvalue weighted by Crippen LogP contribution is -2.28. The van der Waals surface area contributed by atoms with Crippen LogP contribution in [0.25, 0.3) is 0 Å². The molecule has 0 aromatic heterocycles. The quantitative estimate of drug-likeness (QED) is 0.829. The number of hydrogen-bond donors (Lipinski definition) is 0. The van der Waals surface area contributed by atoms with E-state index in [1.54, 1.807) is 31.2 Å². The van der Waals surface area contributed by atoms with Gasteiger partial charge in [0.15, 0.2) is 9.84 Å². The van der Waals surface area contributed by atoms with E-state index >= 15 is 0 Å². The molecule has 0 saturated carbocycles. The van der Waals surface area contributed by atoms with Crippen molar-refractivity contribution in [2.45, 2.75) is 31.3 Å². The van der Waals surface area contributed by atoms with Crippen LogP contribution in [0.2, 0.25) is 5.02 Å². The molecule has 1 rings (SSSR count). The minimum atomic E-state index is -3.48. The van der Waals surface area contributed by atoms with Crippen molar-refractivity contribution in [3.63, 3.8) is 0 Å². The van der Waals surface area contributed by atoms with Gasteiger partial charge in [-0.25, -0.2) is 8.42 Å². The van der Waals surface area contributed by atoms with Crippen molar-refractivity contribution in [3.05, 3.63) is 34.9 Å². The predicted molar refractivity (Wildman–Crippen MR) is 68.8 cm³/mol. The molecule has 1 atom stereocenters. The highest BCUT2D eigenvalue weighted by molar-refractivity contribution is 7.92. The summed E-state index contributed by atoms with van der Waals surface area (Å²) in [4.78, 5) is 11.4. The van der Waals surface area contributed by atoms with Gasteiger partial charge in [0, 0.05) is 11.4 Å². The second-order valence-electron chi connectivity index (χ2n) is 3.86. The molecule has 0 bridgehead atoms. The first-order chi connectivity index (χ1) is 7.88. The molecule has 0 fully saturated rings. The van der Waals surface area contributed by atoms with Crippen LogP contribution in [0.4, 0.5) is 0 Å². The number of sulfone groups is 1. The van der Waals surface area contributed by atoms with Gasteiger partial charge in [-0.3, -0.25) is 4.79 Å². The molecule has 0 radical (unpaired) electrons. The molecule has 1 aromatic rings. The fourth-order valence-corrected chi connectivity index (χ4v) is 3.23. The Hall–Kier alpha value is -0.870. The smallest absolute Gasteiger partial charge is 0.164 e. The van der Waals surface area contributed by atoms with Gasteiger partial charge in [0.1, 0.15) is 11.0 Å². The van der Waals surface area contributed by atoms with E-state index in [1.165, 1.54) is 6.92 Å². The van der Waals surface area contributed by atoms with Gasteiger partial charge in [-0.05, 0) is 18.6 Å². The summed E-state index contributed by atoms with van der Waals surface area (Å²) in [6.45, 7) is 3.09. The first-order valence-corrected chi connectivity index (χ1v) is 7.45. The van der Waals surface area contributed by atoms with Crippen LogP contribution >= 0.6 is 11.6 Å². The molecule has 1 unspecified atom stereocenters. The lowest BCUT2D eigenvalue weighted by atomic mass is 10.2. The molecule has 0 aliphatic heterocycles. The Bertz CT molecular complexity index is 508. The lowest BCUT2D eigenvalue weighted by Gasteiger charge is -2.11. The molecule has 0 spiro atoms. The number of hydrogen-bond acceptors (Lipinski definition) is 3. The topological polar surface area (TPSA) is 51.2 Å². The van der Waals surface area contributed by atoms with E-state index in [-0.39, 0.29) is 18.0 Å². The maximum atomic E-state index is 12.0. The molecule has 17 heavy (non-hydrogen) atoms. The molecular formula is C12H15ClO3S. The third-order valence-electron chi connectivity index (χ3n) is 2.66. The van der Waals surface area contributed by atoms with Gasteiger partial charge in [0.25, 0.3) is 0 Å². The SMILES string of the molecule is CCC(=O)C(C)S(=O)(=O)Cc1ccccc1Cl. The van der Waals surface area contributed by atoms with Crippen LogP contribution < -0.4 is 0 Å². The number of halogens is 1. The summed E-state index contributed by atoms with van der Waals surface area (Å²) in [5, 5.41) is -0.559. The molecule has 0 saturated heterocycles. The van der Waals surface area contributed by atoms with Crippen LogP contribution in [0.5, 0.6) is 0 Å². The van der Waals surface area contributed by atoms with E-state index in [0.717, 1.165) is 0 Å². The van der Waals surface area contributed by atoms with Gasteiger partial charge >= 0.3 is 0 Å². The molecule has 0 aliphatic rings. The molecule has 0 aliphatic carbocycles. The summed E-state index contributed by atoms with van der Waals surface area (Å²) in [5.41, 5.74) is 0.532. The van der Waals surface area contributed by atoms with Crippen molar-refractivity contribution in [1.82, 2.24) is 0 Å². The number of benzene rings is 1. The monoisotopic (exact) mass is 274 g/mol. The van der Waals surface area contributed by atoms with Crippen LogP contribution in [-0.4, -0.2) is 19.5 Å². The zero-order valence-electron chi connectivity index (χ0n) is 9.81. The summed E-state index contributed by atoms with van der Waals surface area (Å²) >= 11 is 5.90. The van der Waals surface area contributed by atoms with Crippen LogP contribution in [0.15, 0.2) is 24.3 Å². The molecular weight excluding hydrogens is 260 g/mol. The maximum absolute atomic E-state index is 12.0. The maximum Gasteiger partial charge on any atom is 0.164 e. The van der Waals surface area contributed by atoms with Gasteiger partial charge in [0.2, 0.25) is 0 Å². The largest absolute Gasteiger partial charge is 0.298 e. The summed E-state index contributed by atoms with van der Waals surface area (Å²) in [7, 11) is -3.48. The average Bonchev–Trinajstić information content (AvgIpc) is 2.30. The Labute approximate surface area is 107 Å². The first kappa shape index (κ1) is 14.2. The van der Waals surface area contributed by atoms with Gasteiger partial charge < -0.3 is 0 Å². The molecule has 0 heterocycles. The number of ketones is 1. The summed E-state index contributed by atoms with van der Waals surface area (Å²) < 4.78 is 23.9. The van der Waals surface area contributed by atoms with E-state index in [9.17, 15) is 13.2 Å². The molecule has 0 N–H and O–H groups in total. The van der Waals surface area contributed by atoms with E-state index in [2.05, 4.69) is 0 Å². The van der Waals surface area contributed by atoms with Gasteiger partial charge in [-0.2, -0.15) is 0 Å². The molecule has 1 aromatic carbocycles. The van der Waals surface area contributed by atoms with Crippen molar-refractivity contribution < 1.29 is 13.2 Å². The molecule has 5 heteroatoms. The summed E-state index contributed by atoms with van der Waals surface area (Å²) in [5.74, 6) is -0.461.